The highest BCUT2D eigenvalue weighted by Crippen LogP contribution is 2.23. The van der Waals surface area contributed by atoms with E-state index < -0.39 is 0 Å². The fraction of sp³-hybridized carbons (Fsp3) is 0.188. The molecule has 0 atom stereocenters. The summed E-state index contributed by atoms with van der Waals surface area (Å²) >= 11 is 3.44. The van der Waals surface area contributed by atoms with E-state index in [1.54, 1.807) is 25.3 Å². The van der Waals surface area contributed by atoms with Crippen molar-refractivity contribution in [2.75, 3.05) is 12.8 Å². The molecule has 0 spiro atoms. The van der Waals surface area contributed by atoms with Crippen LogP contribution in [0.5, 0.6) is 5.75 Å². The van der Waals surface area contributed by atoms with Gasteiger partial charge in [-0.2, -0.15) is 0 Å². The lowest BCUT2D eigenvalue weighted by Gasteiger charge is -2.10. The molecule has 5 heteroatoms. The first-order valence-corrected chi connectivity index (χ1v) is 7.28. The third-order valence-electron chi connectivity index (χ3n) is 3.18. The largest absolute Gasteiger partial charge is 0.495 e. The van der Waals surface area contributed by atoms with E-state index in [-0.39, 0.29) is 5.91 Å². The van der Waals surface area contributed by atoms with E-state index in [1.807, 2.05) is 25.1 Å². The molecule has 3 N–H and O–H groups in total. The summed E-state index contributed by atoms with van der Waals surface area (Å²) in [4.78, 5) is 12.2. The number of hydrogen-bond acceptors (Lipinski definition) is 3. The van der Waals surface area contributed by atoms with E-state index in [9.17, 15) is 4.79 Å². The molecule has 0 aliphatic carbocycles. The number of methoxy groups -OCH3 is 1. The van der Waals surface area contributed by atoms with Crippen LogP contribution in [0.2, 0.25) is 0 Å². The fourth-order valence-electron chi connectivity index (χ4n) is 1.99. The maximum Gasteiger partial charge on any atom is 0.252 e. The van der Waals surface area contributed by atoms with Crippen molar-refractivity contribution < 1.29 is 9.53 Å². The number of halogens is 1. The number of rotatable bonds is 4. The Morgan fingerprint density at radius 2 is 2.10 bits per heavy atom. The number of ether oxygens (including phenoxy) is 1. The highest BCUT2D eigenvalue weighted by molar-refractivity contribution is 9.10. The normalized spacial score (nSPS) is 10.2. The second-order valence-corrected chi connectivity index (χ2v) is 5.49. The zero-order valence-corrected chi connectivity index (χ0v) is 13.5. The first kappa shape index (κ1) is 15.4. The first-order chi connectivity index (χ1) is 10.0. The van der Waals surface area contributed by atoms with Crippen molar-refractivity contribution in [1.82, 2.24) is 5.32 Å². The lowest BCUT2D eigenvalue weighted by atomic mass is 10.1. The average molecular weight is 349 g/mol. The van der Waals surface area contributed by atoms with Gasteiger partial charge in [-0.15, -0.1) is 0 Å². The maximum absolute atomic E-state index is 12.2. The summed E-state index contributed by atoms with van der Waals surface area (Å²) in [6.07, 6.45) is 0. The molecular weight excluding hydrogens is 332 g/mol. The number of hydrogen-bond donors (Lipinski definition) is 2. The Labute approximate surface area is 132 Å². The molecule has 0 aliphatic heterocycles. The Balaban J connectivity index is 2.07. The van der Waals surface area contributed by atoms with Gasteiger partial charge in [0.25, 0.3) is 5.91 Å². The predicted molar refractivity (Wildman–Crippen MR) is 87.5 cm³/mol. The van der Waals surface area contributed by atoms with Crippen molar-refractivity contribution in [3.8, 4) is 5.75 Å². The molecule has 0 heterocycles. The molecule has 2 aromatic carbocycles. The molecule has 21 heavy (non-hydrogen) atoms. The second kappa shape index (κ2) is 6.63. The Kier molecular flexibility index (Phi) is 4.85. The van der Waals surface area contributed by atoms with Gasteiger partial charge in [0.15, 0.2) is 0 Å². The third-order valence-corrected chi connectivity index (χ3v) is 4.24. The molecule has 110 valence electrons. The highest BCUT2D eigenvalue weighted by atomic mass is 79.9. The van der Waals surface area contributed by atoms with E-state index in [2.05, 4.69) is 21.2 Å². The standard InChI is InChI=1S/C16H17BrN2O2/c1-10-4-3-5-12(15(10)17)16(20)19-9-11-6-7-14(21-2)13(18)8-11/h3-8H,9,18H2,1-2H3,(H,19,20). The smallest absolute Gasteiger partial charge is 0.252 e. The molecular formula is C16H17BrN2O2. The minimum absolute atomic E-state index is 0.125. The summed E-state index contributed by atoms with van der Waals surface area (Å²) in [5.74, 6) is 0.506. The van der Waals surface area contributed by atoms with Crippen LogP contribution in [0.3, 0.4) is 0 Å². The molecule has 0 bridgehead atoms. The number of carbonyl (C=O) groups excluding carboxylic acids is 1. The van der Waals surface area contributed by atoms with Crippen LogP contribution in [-0.2, 0) is 6.54 Å². The number of nitrogen functional groups attached to an aromatic ring is 1. The Bertz CT molecular complexity index is 671. The van der Waals surface area contributed by atoms with Crippen LogP contribution >= 0.6 is 15.9 Å². The lowest BCUT2D eigenvalue weighted by molar-refractivity contribution is 0.0950. The van der Waals surface area contributed by atoms with Gasteiger partial charge >= 0.3 is 0 Å². The molecule has 0 saturated carbocycles. The molecule has 0 aliphatic rings. The Hall–Kier alpha value is -2.01. The quantitative estimate of drug-likeness (QED) is 0.833. The van der Waals surface area contributed by atoms with Crippen LogP contribution in [0.1, 0.15) is 21.5 Å². The van der Waals surface area contributed by atoms with Crippen LogP contribution in [0.15, 0.2) is 40.9 Å². The Morgan fingerprint density at radius 1 is 1.33 bits per heavy atom. The molecule has 0 unspecified atom stereocenters. The molecule has 0 radical (unpaired) electrons. The summed E-state index contributed by atoms with van der Waals surface area (Å²) in [7, 11) is 1.57. The number of nitrogens with one attached hydrogen (secondary N) is 1. The van der Waals surface area contributed by atoms with Crippen LogP contribution in [0, 0.1) is 6.92 Å². The lowest BCUT2D eigenvalue weighted by Crippen LogP contribution is -2.23. The van der Waals surface area contributed by atoms with Crippen molar-refractivity contribution in [2.24, 2.45) is 0 Å². The number of aryl methyl sites for hydroxylation is 1. The fourth-order valence-corrected chi connectivity index (χ4v) is 2.44. The first-order valence-electron chi connectivity index (χ1n) is 6.48. The molecule has 1 amide bonds. The van der Waals surface area contributed by atoms with Crippen LogP contribution < -0.4 is 15.8 Å². The van der Waals surface area contributed by atoms with Crippen molar-refractivity contribution in [2.45, 2.75) is 13.5 Å². The van der Waals surface area contributed by atoms with Gasteiger partial charge in [0.2, 0.25) is 0 Å². The van der Waals surface area contributed by atoms with Crippen LogP contribution in [0.25, 0.3) is 0 Å². The molecule has 2 rings (SSSR count). The summed E-state index contributed by atoms with van der Waals surface area (Å²) in [6.45, 7) is 2.36. The van der Waals surface area contributed by atoms with Crippen LogP contribution in [0.4, 0.5) is 5.69 Å². The number of anilines is 1. The van der Waals surface area contributed by atoms with E-state index >= 15 is 0 Å². The SMILES string of the molecule is COc1ccc(CNC(=O)c2cccc(C)c2Br)cc1N. The van der Waals surface area contributed by atoms with Gasteiger partial charge in [-0.05, 0) is 52.2 Å². The van der Waals surface area contributed by atoms with Gasteiger partial charge in [0.1, 0.15) is 5.75 Å². The molecule has 0 fully saturated rings. The van der Waals surface area contributed by atoms with E-state index in [0.29, 0.717) is 23.5 Å². The summed E-state index contributed by atoms with van der Waals surface area (Å²) < 4.78 is 5.92. The zero-order chi connectivity index (χ0) is 15.4. The number of carbonyl (C=O) groups is 1. The molecule has 0 saturated heterocycles. The predicted octanol–water partition coefficient (Wildman–Crippen LogP) is 3.28. The minimum Gasteiger partial charge on any atom is -0.495 e. The molecule has 2 aromatic rings. The van der Waals surface area contributed by atoms with E-state index in [0.717, 1.165) is 15.6 Å². The van der Waals surface area contributed by atoms with Gasteiger partial charge in [0, 0.05) is 11.0 Å². The summed E-state index contributed by atoms with van der Waals surface area (Å²) in [5, 5.41) is 2.88. The van der Waals surface area contributed by atoms with Gasteiger partial charge in [0.05, 0.1) is 18.4 Å². The van der Waals surface area contributed by atoms with Gasteiger partial charge < -0.3 is 15.8 Å². The summed E-state index contributed by atoms with van der Waals surface area (Å²) in [5.41, 5.74) is 8.97. The van der Waals surface area contributed by atoms with Crippen molar-refractivity contribution in [3.63, 3.8) is 0 Å². The molecule has 0 aromatic heterocycles. The maximum atomic E-state index is 12.2. The topological polar surface area (TPSA) is 64.3 Å². The van der Waals surface area contributed by atoms with Gasteiger partial charge in [-0.3, -0.25) is 4.79 Å². The Morgan fingerprint density at radius 3 is 2.76 bits per heavy atom. The zero-order valence-electron chi connectivity index (χ0n) is 11.9. The number of nitrogens with two attached hydrogens (primary N) is 1. The van der Waals surface area contributed by atoms with Gasteiger partial charge in [-0.25, -0.2) is 0 Å². The number of benzene rings is 2. The van der Waals surface area contributed by atoms with E-state index in [1.165, 1.54) is 0 Å². The van der Waals surface area contributed by atoms with Crippen LogP contribution in [-0.4, -0.2) is 13.0 Å². The highest BCUT2D eigenvalue weighted by Gasteiger charge is 2.11. The van der Waals surface area contributed by atoms with Crippen molar-refractivity contribution >= 4 is 27.5 Å². The summed E-state index contributed by atoms with van der Waals surface area (Å²) in [6, 6.07) is 11.1. The second-order valence-electron chi connectivity index (χ2n) is 4.70. The average Bonchev–Trinajstić information content (AvgIpc) is 2.47. The minimum atomic E-state index is -0.125. The monoisotopic (exact) mass is 348 g/mol. The third kappa shape index (κ3) is 3.55. The molecule has 4 nitrogen and oxygen atoms in total. The van der Waals surface area contributed by atoms with Gasteiger partial charge in [-0.1, -0.05) is 18.2 Å². The van der Waals surface area contributed by atoms with Crippen molar-refractivity contribution in [1.29, 1.82) is 0 Å². The van der Waals surface area contributed by atoms with E-state index in [4.69, 9.17) is 10.5 Å². The number of amides is 1. The van der Waals surface area contributed by atoms with Crippen molar-refractivity contribution in [3.05, 3.63) is 57.6 Å².